The third kappa shape index (κ3) is 2.78. The van der Waals surface area contributed by atoms with Crippen LogP contribution in [0.3, 0.4) is 0 Å². The zero-order chi connectivity index (χ0) is 11.5. The van der Waals surface area contributed by atoms with Crippen LogP contribution < -0.4 is 5.73 Å². The highest BCUT2D eigenvalue weighted by molar-refractivity contribution is 4.86. The smallest absolute Gasteiger partial charge is 0.0469 e. The van der Waals surface area contributed by atoms with Gasteiger partial charge in [-0.2, -0.15) is 0 Å². The first-order chi connectivity index (χ1) is 7.68. The van der Waals surface area contributed by atoms with Crippen molar-refractivity contribution in [3.8, 4) is 0 Å². The summed E-state index contributed by atoms with van der Waals surface area (Å²) in [5.74, 6) is 3.26. The van der Waals surface area contributed by atoms with E-state index in [4.69, 9.17) is 10.5 Å². The zero-order valence-electron chi connectivity index (χ0n) is 10.8. The number of hydrogen-bond donors (Lipinski definition) is 1. The highest BCUT2D eigenvalue weighted by atomic mass is 16.5. The van der Waals surface area contributed by atoms with Gasteiger partial charge in [-0.05, 0) is 49.4 Å². The van der Waals surface area contributed by atoms with E-state index >= 15 is 0 Å². The minimum atomic E-state index is 0.429. The lowest BCUT2D eigenvalue weighted by Crippen LogP contribution is -2.42. The van der Waals surface area contributed by atoms with Crippen molar-refractivity contribution in [2.45, 2.75) is 52.0 Å². The first-order valence-corrected chi connectivity index (χ1v) is 7.01. The third-order valence-electron chi connectivity index (χ3n) is 4.99. The zero-order valence-corrected chi connectivity index (χ0v) is 10.8. The predicted octanol–water partition coefficient (Wildman–Crippen LogP) is 2.81. The van der Waals surface area contributed by atoms with Crippen molar-refractivity contribution in [3.05, 3.63) is 0 Å². The summed E-state index contributed by atoms with van der Waals surface area (Å²) in [5, 5.41) is 0. The van der Waals surface area contributed by atoms with Crippen LogP contribution in [-0.2, 0) is 4.74 Å². The molecule has 0 radical (unpaired) electrons. The number of nitrogens with two attached hydrogens (primary N) is 1. The van der Waals surface area contributed by atoms with E-state index in [2.05, 4.69) is 13.8 Å². The number of hydrogen-bond acceptors (Lipinski definition) is 2. The Labute approximate surface area is 99.9 Å². The van der Waals surface area contributed by atoms with E-state index in [1.165, 1.54) is 32.1 Å². The van der Waals surface area contributed by atoms with Gasteiger partial charge in [0.2, 0.25) is 0 Å². The van der Waals surface area contributed by atoms with E-state index in [1.54, 1.807) is 0 Å². The van der Waals surface area contributed by atoms with E-state index in [0.29, 0.717) is 6.04 Å². The molecule has 0 aromatic carbocycles. The van der Waals surface area contributed by atoms with Crippen LogP contribution in [0.1, 0.15) is 46.0 Å². The Hall–Kier alpha value is -0.0800. The van der Waals surface area contributed by atoms with Crippen molar-refractivity contribution in [2.24, 2.45) is 29.4 Å². The van der Waals surface area contributed by atoms with Crippen LogP contribution in [0.15, 0.2) is 0 Å². The molecule has 16 heavy (non-hydrogen) atoms. The Kier molecular flexibility index (Phi) is 4.26. The molecular formula is C14H27NO. The van der Waals surface area contributed by atoms with Crippen molar-refractivity contribution in [1.82, 2.24) is 0 Å². The molecule has 1 aliphatic carbocycles. The maximum Gasteiger partial charge on any atom is 0.0469 e. The van der Waals surface area contributed by atoms with Gasteiger partial charge in [0, 0.05) is 19.3 Å². The molecule has 4 unspecified atom stereocenters. The molecule has 2 N–H and O–H groups in total. The molecule has 94 valence electrons. The molecule has 0 bridgehead atoms. The molecule has 0 spiro atoms. The Balaban J connectivity index is 1.86. The molecule has 2 fully saturated rings. The Bertz CT molecular complexity index is 213. The lowest BCUT2D eigenvalue weighted by molar-refractivity contribution is 0.0427. The van der Waals surface area contributed by atoms with E-state index in [-0.39, 0.29) is 0 Å². The van der Waals surface area contributed by atoms with Crippen LogP contribution in [-0.4, -0.2) is 19.3 Å². The summed E-state index contributed by atoms with van der Waals surface area (Å²) in [7, 11) is 0. The normalized spacial score (nSPS) is 39.6. The summed E-state index contributed by atoms with van der Waals surface area (Å²) < 4.78 is 5.42. The molecule has 0 aromatic heterocycles. The van der Waals surface area contributed by atoms with Crippen molar-refractivity contribution in [3.63, 3.8) is 0 Å². The van der Waals surface area contributed by atoms with Crippen LogP contribution in [0.5, 0.6) is 0 Å². The lowest BCUT2D eigenvalue weighted by Gasteiger charge is -2.39. The van der Waals surface area contributed by atoms with Crippen LogP contribution in [0.25, 0.3) is 0 Å². The number of ether oxygens (including phenoxy) is 1. The van der Waals surface area contributed by atoms with Crippen LogP contribution in [0.2, 0.25) is 0 Å². The van der Waals surface area contributed by atoms with Gasteiger partial charge in [0.05, 0.1) is 0 Å². The van der Waals surface area contributed by atoms with Crippen molar-refractivity contribution < 1.29 is 4.74 Å². The largest absolute Gasteiger partial charge is 0.381 e. The standard InChI is InChI=1S/C14H27NO/c1-10-3-4-13(9-11(10)2)14(15)12-5-7-16-8-6-12/h10-14H,3-9,15H2,1-2H3. The van der Waals surface area contributed by atoms with Gasteiger partial charge >= 0.3 is 0 Å². The summed E-state index contributed by atoms with van der Waals surface area (Å²) in [6, 6.07) is 0.429. The second kappa shape index (κ2) is 5.50. The summed E-state index contributed by atoms with van der Waals surface area (Å²) in [5.41, 5.74) is 6.48. The average Bonchev–Trinajstić information content (AvgIpc) is 2.33. The fraction of sp³-hybridized carbons (Fsp3) is 1.00. The summed E-state index contributed by atoms with van der Waals surface area (Å²) in [6.45, 7) is 6.64. The first-order valence-electron chi connectivity index (χ1n) is 7.01. The Morgan fingerprint density at radius 2 is 1.62 bits per heavy atom. The fourth-order valence-electron chi connectivity index (χ4n) is 3.42. The van der Waals surface area contributed by atoms with Crippen molar-refractivity contribution in [1.29, 1.82) is 0 Å². The Morgan fingerprint density at radius 3 is 2.25 bits per heavy atom. The van der Waals surface area contributed by atoms with E-state index in [0.717, 1.165) is 36.9 Å². The van der Waals surface area contributed by atoms with Gasteiger partial charge in [-0.15, -0.1) is 0 Å². The van der Waals surface area contributed by atoms with E-state index in [1.807, 2.05) is 0 Å². The first kappa shape index (κ1) is 12.4. The van der Waals surface area contributed by atoms with E-state index in [9.17, 15) is 0 Å². The van der Waals surface area contributed by atoms with Crippen LogP contribution in [0.4, 0.5) is 0 Å². The van der Waals surface area contributed by atoms with Gasteiger partial charge in [0.1, 0.15) is 0 Å². The molecule has 0 aromatic rings. The fourth-order valence-corrected chi connectivity index (χ4v) is 3.42. The van der Waals surface area contributed by atoms with Gasteiger partial charge in [0.25, 0.3) is 0 Å². The molecule has 2 heteroatoms. The predicted molar refractivity (Wildman–Crippen MR) is 67.2 cm³/mol. The minimum absolute atomic E-state index is 0.429. The SMILES string of the molecule is CC1CCC(C(N)C2CCOCC2)CC1C. The summed E-state index contributed by atoms with van der Waals surface area (Å²) in [6.07, 6.45) is 6.44. The Morgan fingerprint density at radius 1 is 0.938 bits per heavy atom. The van der Waals surface area contributed by atoms with Crippen LogP contribution >= 0.6 is 0 Å². The molecule has 2 nitrogen and oxygen atoms in total. The van der Waals surface area contributed by atoms with E-state index < -0.39 is 0 Å². The second-order valence-electron chi connectivity index (χ2n) is 6.05. The maximum absolute atomic E-state index is 6.48. The van der Waals surface area contributed by atoms with Gasteiger partial charge in [-0.1, -0.05) is 20.3 Å². The molecule has 1 saturated heterocycles. The molecule has 1 saturated carbocycles. The van der Waals surface area contributed by atoms with Gasteiger partial charge in [0.15, 0.2) is 0 Å². The quantitative estimate of drug-likeness (QED) is 0.784. The molecule has 2 aliphatic rings. The number of rotatable bonds is 2. The van der Waals surface area contributed by atoms with Gasteiger partial charge in [-0.25, -0.2) is 0 Å². The monoisotopic (exact) mass is 225 g/mol. The second-order valence-corrected chi connectivity index (χ2v) is 6.05. The van der Waals surface area contributed by atoms with Crippen LogP contribution in [0, 0.1) is 23.7 Å². The molecule has 0 amide bonds. The third-order valence-corrected chi connectivity index (χ3v) is 4.99. The van der Waals surface area contributed by atoms with Crippen molar-refractivity contribution in [2.75, 3.05) is 13.2 Å². The molecule has 4 atom stereocenters. The summed E-state index contributed by atoms with van der Waals surface area (Å²) >= 11 is 0. The molecule has 1 aliphatic heterocycles. The van der Waals surface area contributed by atoms with Gasteiger partial charge in [-0.3, -0.25) is 0 Å². The highest BCUT2D eigenvalue weighted by Gasteiger charge is 2.32. The lowest BCUT2D eigenvalue weighted by atomic mass is 9.70. The molecule has 1 heterocycles. The minimum Gasteiger partial charge on any atom is -0.381 e. The molecular weight excluding hydrogens is 198 g/mol. The summed E-state index contributed by atoms with van der Waals surface area (Å²) in [4.78, 5) is 0. The van der Waals surface area contributed by atoms with Crippen molar-refractivity contribution >= 4 is 0 Å². The molecule has 2 rings (SSSR count). The topological polar surface area (TPSA) is 35.2 Å². The van der Waals surface area contributed by atoms with Gasteiger partial charge < -0.3 is 10.5 Å². The highest BCUT2D eigenvalue weighted by Crippen LogP contribution is 2.37. The maximum atomic E-state index is 6.48. The average molecular weight is 225 g/mol.